The predicted molar refractivity (Wildman–Crippen MR) is 50.2 cm³/mol. The van der Waals surface area contributed by atoms with E-state index in [9.17, 15) is 0 Å². The summed E-state index contributed by atoms with van der Waals surface area (Å²) in [5.41, 5.74) is 0. The monoisotopic (exact) mass is 282 g/mol. The number of piperidine rings is 1. The first-order chi connectivity index (χ1) is 5.67. The number of alkyl halides is 2. The molecule has 74 valence electrons. The molecule has 0 bridgehead atoms. The molecule has 0 atom stereocenters. The molecule has 1 aliphatic rings. The van der Waals surface area contributed by atoms with Crippen LogP contribution in [0.15, 0.2) is 0 Å². The molecule has 1 aliphatic heterocycles. The summed E-state index contributed by atoms with van der Waals surface area (Å²) >= 11 is 0.429. The Balaban J connectivity index is 2.41. The average molecular weight is 282 g/mol. The molecule has 0 amide bonds. The number of hydrogen-bond donors (Lipinski definition) is 1. The van der Waals surface area contributed by atoms with Gasteiger partial charge in [0.1, 0.15) is 0 Å². The first-order valence-electron chi connectivity index (χ1n) is 4.98. The Bertz CT molecular complexity index is 128. The molecule has 2 heteroatoms. The van der Waals surface area contributed by atoms with E-state index in [1.807, 2.05) is 0 Å². The molecule has 0 aromatic carbocycles. The van der Waals surface area contributed by atoms with Gasteiger partial charge in [0.25, 0.3) is 0 Å². The average Bonchev–Trinajstić information content (AvgIpc) is 2.06. The maximum atomic E-state index is 3.44. The SMILES string of the molecule is CC[I-]C(C)(C)C1CCNCC1. The van der Waals surface area contributed by atoms with Crippen LogP contribution < -0.4 is 26.5 Å². The predicted octanol–water partition coefficient (Wildman–Crippen LogP) is -1.13. The number of halogens is 1. The molecule has 0 aromatic rings. The van der Waals surface area contributed by atoms with Gasteiger partial charge in [0.15, 0.2) is 0 Å². The van der Waals surface area contributed by atoms with Gasteiger partial charge in [-0.25, -0.2) is 0 Å². The summed E-state index contributed by atoms with van der Waals surface area (Å²) in [5, 5.41) is 3.44. The van der Waals surface area contributed by atoms with E-state index < -0.39 is 0 Å². The van der Waals surface area contributed by atoms with E-state index in [-0.39, 0.29) is 0 Å². The zero-order valence-corrected chi connectivity index (χ0v) is 10.6. The second-order valence-corrected chi connectivity index (χ2v) is 9.06. The second-order valence-electron chi connectivity index (χ2n) is 3.99. The standard InChI is InChI=1S/C10H21IN/c1-4-11-10(2,3)9-5-7-12-8-6-9/h9,12H,4-8H2,1-3H3/q-1. The van der Waals surface area contributed by atoms with E-state index in [4.69, 9.17) is 0 Å². The van der Waals surface area contributed by atoms with Gasteiger partial charge in [-0.1, -0.05) is 0 Å². The summed E-state index contributed by atoms with van der Waals surface area (Å²) in [7, 11) is 0. The molecule has 0 aromatic heterocycles. The van der Waals surface area contributed by atoms with Crippen LogP contribution in [-0.4, -0.2) is 20.9 Å². The van der Waals surface area contributed by atoms with Crippen molar-refractivity contribution < 1.29 is 21.2 Å². The first-order valence-corrected chi connectivity index (χ1v) is 7.58. The summed E-state index contributed by atoms with van der Waals surface area (Å²) < 4.78 is 2.13. The number of rotatable bonds is 3. The van der Waals surface area contributed by atoms with E-state index in [0.29, 0.717) is 24.6 Å². The first kappa shape index (κ1) is 10.8. The van der Waals surface area contributed by atoms with Gasteiger partial charge in [0.05, 0.1) is 0 Å². The molecule has 0 saturated carbocycles. The van der Waals surface area contributed by atoms with Crippen LogP contribution in [0.2, 0.25) is 0 Å². The van der Waals surface area contributed by atoms with Crippen molar-refractivity contribution in [2.75, 3.05) is 17.5 Å². The molecule has 1 saturated heterocycles. The molecule has 1 rings (SSSR count). The normalized spacial score (nSPS) is 21.6. The third-order valence-corrected chi connectivity index (χ3v) is 6.40. The Hall–Kier alpha value is 0.690. The molecule has 1 fully saturated rings. The zero-order chi connectivity index (χ0) is 9.03. The van der Waals surface area contributed by atoms with Crippen LogP contribution in [-0.2, 0) is 0 Å². The van der Waals surface area contributed by atoms with Gasteiger partial charge in [-0.15, -0.1) is 0 Å². The Morgan fingerprint density at radius 3 is 2.42 bits per heavy atom. The molecule has 1 N–H and O–H groups in total. The van der Waals surface area contributed by atoms with Crippen LogP contribution in [0.3, 0.4) is 0 Å². The van der Waals surface area contributed by atoms with Crippen molar-refractivity contribution in [1.82, 2.24) is 5.32 Å². The molecule has 12 heavy (non-hydrogen) atoms. The fourth-order valence-electron chi connectivity index (χ4n) is 1.96. The van der Waals surface area contributed by atoms with Crippen LogP contribution in [0.5, 0.6) is 0 Å². The number of hydrogen-bond acceptors (Lipinski definition) is 1. The molecule has 0 unspecified atom stereocenters. The minimum atomic E-state index is 0.429. The number of nitrogens with one attached hydrogen (secondary N) is 1. The molecule has 0 radical (unpaired) electrons. The van der Waals surface area contributed by atoms with Crippen LogP contribution >= 0.6 is 0 Å². The zero-order valence-electron chi connectivity index (χ0n) is 8.49. The van der Waals surface area contributed by atoms with Gasteiger partial charge >= 0.3 is 87.0 Å². The summed E-state index contributed by atoms with van der Waals surface area (Å²) in [5.74, 6) is 1.01. The summed E-state index contributed by atoms with van der Waals surface area (Å²) in [6, 6.07) is 0. The van der Waals surface area contributed by atoms with Crippen molar-refractivity contribution in [1.29, 1.82) is 0 Å². The van der Waals surface area contributed by atoms with Gasteiger partial charge in [0, 0.05) is 0 Å². The molecule has 1 nitrogen and oxygen atoms in total. The van der Waals surface area contributed by atoms with Gasteiger partial charge in [0.2, 0.25) is 0 Å². The Morgan fingerprint density at radius 2 is 1.92 bits per heavy atom. The van der Waals surface area contributed by atoms with Crippen molar-refractivity contribution >= 4 is 0 Å². The Kier molecular flexibility index (Phi) is 4.30. The molecule has 0 spiro atoms. The van der Waals surface area contributed by atoms with Crippen molar-refractivity contribution in [2.24, 2.45) is 5.92 Å². The van der Waals surface area contributed by atoms with E-state index in [1.165, 1.54) is 30.4 Å². The molecular formula is C10H21IN-. The van der Waals surface area contributed by atoms with E-state index >= 15 is 0 Å². The van der Waals surface area contributed by atoms with Crippen molar-refractivity contribution in [3.63, 3.8) is 0 Å². The van der Waals surface area contributed by atoms with E-state index in [2.05, 4.69) is 26.1 Å². The van der Waals surface area contributed by atoms with Gasteiger partial charge < -0.3 is 0 Å². The van der Waals surface area contributed by atoms with Crippen molar-refractivity contribution in [3.8, 4) is 0 Å². The summed E-state index contributed by atoms with van der Waals surface area (Å²) in [6.45, 7) is 9.82. The summed E-state index contributed by atoms with van der Waals surface area (Å²) in [4.78, 5) is 0. The second kappa shape index (κ2) is 4.80. The molecule has 0 aliphatic carbocycles. The Morgan fingerprint density at radius 1 is 1.33 bits per heavy atom. The van der Waals surface area contributed by atoms with Crippen molar-refractivity contribution in [2.45, 2.75) is 37.0 Å². The van der Waals surface area contributed by atoms with Gasteiger partial charge in [-0.2, -0.15) is 0 Å². The van der Waals surface area contributed by atoms with Crippen LogP contribution in [0.4, 0.5) is 0 Å². The minimum absolute atomic E-state index is 0.429. The van der Waals surface area contributed by atoms with Gasteiger partial charge in [-0.3, -0.25) is 0 Å². The third-order valence-electron chi connectivity index (χ3n) is 2.79. The van der Waals surface area contributed by atoms with Crippen LogP contribution in [0.1, 0.15) is 33.6 Å². The Labute approximate surface area is 87.0 Å². The molecular weight excluding hydrogens is 261 g/mol. The van der Waals surface area contributed by atoms with E-state index in [1.54, 1.807) is 0 Å². The third kappa shape index (κ3) is 2.87. The van der Waals surface area contributed by atoms with E-state index in [0.717, 1.165) is 5.92 Å². The fourth-order valence-corrected chi connectivity index (χ4v) is 5.17. The molecule has 1 heterocycles. The fraction of sp³-hybridized carbons (Fsp3) is 1.00. The van der Waals surface area contributed by atoms with Crippen LogP contribution in [0.25, 0.3) is 0 Å². The quantitative estimate of drug-likeness (QED) is 0.510. The maximum absolute atomic E-state index is 3.44. The van der Waals surface area contributed by atoms with Crippen LogP contribution in [0, 0.1) is 5.92 Å². The van der Waals surface area contributed by atoms with Gasteiger partial charge in [-0.05, 0) is 0 Å². The topological polar surface area (TPSA) is 12.0 Å². The van der Waals surface area contributed by atoms with Crippen molar-refractivity contribution in [3.05, 3.63) is 0 Å². The summed E-state index contributed by atoms with van der Waals surface area (Å²) in [6.07, 6.45) is 2.82.